The van der Waals surface area contributed by atoms with Gasteiger partial charge in [0.2, 0.25) is 0 Å². The van der Waals surface area contributed by atoms with Gasteiger partial charge in [0.15, 0.2) is 11.5 Å². The fourth-order valence-corrected chi connectivity index (χ4v) is 2.78. The average molecular weight is 421 g/mol. The SMILES string of the molecule is COc1ccc(CN/N=C/c2ccc(OCc3ccc([N+](=O)[O-])cc3)cc2)cc1OC. The zero-order valence-corrected chi connectivity index (χ0v) is 17.3. The van der Waals surface area contributed by atoms with Crippen molar-refractivity contribution in [3.05, 3.63) is 93.5 Å². The fraction of sp³-hybridized carbons (Fsp3) is 0.174. The molecule has 0 aromatic heterocycles. The Morgan fingerprint density at radius 1 is 0.935 bits per heavy atom. The van der Waals surface area contributed by atoms with E-state index in [4.69, 9.17) is 14.2 Å². The van der Waals surface area contributed by atoms with Crippen LogP contribution >= 0.6 is 0 Å². The number of nitrogens with one attached hydrogen (secondary N) is 1. The van der Waals surface area contributed by atoms with Crippen LogP contribution in [0, 0.1) is 10.1 Å². The minimum Gasteiger partial charge on any atom is -0.493 e. The van der Waals surface area contributed by atoms with Gasteiger partial charge in [-0.3, -0.25) is 10.1 Å². The van der Waals surface area contributed by atoms with E-state index in [1.54, 1.807) is 32.6 Å². The summed E-state index contributed by atoms with van der Waals surface area (Å²) in [6.07, 6.45) is 1.72. The number of nitro benzene ring substituents is 1. The van der Waals surface area contributed by atoms with Crippen LogP contribution in [0.1, 0.15) is 16.7 Å². The van der Waals surface area contributed by atoms with Crippen molar-refractivity contribution in [1.82, 2.24) is 5.43 Å². The molecule has 0 atom stereocenters. The predicted octanol–water partition coefficient (Wildman–Crippen LogP) is 4.31. The molecule has 0 unspecified atom stereocenters. The van der Waals surface area contributed by atoms with Gasteiger partial charge in [-0.2, -0.15) is 5.10 Å². The second kappa shape index (κ2) is 10.6. The summed E-state index contributed by atoms with van der Waals surface area (Å²) < 4.78 is 16.2. The number of hydrazone groups is 1. The van der Waals surface area contributed by atoms with Crippen molar-refractivity contribution in [2.24, 2.45) is 5.10 Å². The van der Waals surface area contributed by atoms with Gasteiger partial charge in [0.05, 0.1) is 31.9 Å². The van der Waals surface area contributed by atoms with Crippen LogP contribution in [0.4, 0.5) is 5.69 Å². The molecule has 0 saturated carbocycles. The molecule has 0 aliphatic heterocycles. The molecule has 0 fully saturated rings. The van der Waals surface area contributed by atoms with Crippen molar-refractivity contribution < 1.29 is 19.1 Å². The standard InChI is InChI=1S/C23H23N3O5/c1-29-22-12-7-19(13-23(22)30-2)15-25-24-14-17-5-10-21(11-6-17)31-16-18-3-8-20(9-4-18)26(27)28/h3-14,25H,15-16H2,1-2H3/b24-14+. The van der Waals surface area contributed by atoms with Crippen LogP contribution < -0.4 is 19.6 Å². The van der Waals surface area contributed by atoms with Gasteiger partial charge in [0, 0.05) is 12.1 Å². The third kappa shape index (κ3) is 6.20. The Bertz CT molecular complexity index is 1030. The van der Waals surface area contributed by atoms with E-state index >= 15 is 0 Å². The van der Waals surface area contributed by atoms with Crippen LogP contribution in [0.15, 0.2) is 71.8 Å². The summed E-state index contributed by atoms with van der Waals surface area (Å²) in [5.41, 5.74) is 5.86. The zero-order chi connectivity index (χ0) is 22.1. The number of rotatable bonds is 10. The molecule has 8 heteroatoms. The summed E-state index contributed by atoms with van der Waals surface area (Å²) in [6.45, 7) is 0.881. The zero-order valence-electron chi connectivity index (χ0n) is 17.3. The minimum atomic E-state index is -0.423. The Kier molecular flexibility index (Phi) is 7.42. The van der Waals surface area contributed by atoms with E-state index in [2.05, 4.69) is 10.5 Å². The quantitative estimate of drug-likeness (QED) is 0.298. The van der Waals surface area contributed by atoms with Crippen LogP contribution in [-0.4, -0.2) is 25.4 Å². The lowest BCUT2D eigenvalue weighted by molar-refractivity contribution is -0.384. The molecule has 1 N–H and O–H groups in total. The van der Waals surface area contributed by atoms with Crippen molar-refractivity contribution in [3.63, 3.8) is 0 Å². The normalized spacial score (nSPS) is 10.6. The second-order valence-electron chi connectivity index (χ2n) is 6.56. The fourth-order valence-electron chi connectivity index (χ4n) is 2.78. The molecule has 31 heavy (non-hydrogen) atoms. The predicted molar refractivity (Wildman–Crippen MR) is 118 cm³/mol. The molecule has 0 bridgehead atoms. The Hall–Kier alpha value is -4.07. The summed E-state index contributed by atoms with van der Waals surface area (Å²) in [5.74, 6) is 2.06. The first kappa shape index (κ1) is 21.6. The van der Waals surface area contributed by atoms with Crippen molar-refractivity contribution in [2.75, 3.05) is 14.2 Å². The maximum Gasteiger partial charge on any atom is 0.269 e. The van der Waals surface area contributed by atoms with E-state index in [0.29, 0.717) is 30.4 Å². The summed E-state index contributed by atoms with van der Waals surface area (Å²) in [7, 11) is 3.21. The van der Waals surface area contributed by atoms with Gasteiger partial charge in [-0.25, -0.2) is 0 Å². The lowest BCUT2D eigenvalue weighted by atomic mass is 10.2. The molecule has 3 aromatic rings. The molecule has 0 radical (unpaired) electrons. The molecule has 160 valence electrons. The highest BCUT2D eigenvalue weighted by Gasteiger charge is 2.05. The molecule has 0 heterocycles. The van der Waals surface area contributed by atoms with Crippen molar-refractivity contribution in [1.29, 1.82) is 0 Å². The number of benzene rings is 3. The molecular formula is C23H23N3O5. The van der Waals surface area contributed by atoms with E-state index < -0.39 is 4.92 Å². The lowest BCUT2D eigenvalue weighted by Gasteiger charge is -2.09. The summed E-state index contributed by atoms with van der Waals surface area (Å²) in [4.78, 5) is 10.3. The minimum absolute atomic E-state index is 0.0622. The first-order valence-corrected chi connectivity index (χ1v) is 9.52. The molecule has 3 rings (SSSR count). The monoisotopic (exact) mass is 421 g/mol. The number of nitrogens with zero attached hydrogens (tertiary/aromatic N) is 2. The Morgan fingerprint density at radius 3 is 2.26 bits per heavy atom. The van der Waals surface area contributed by atoms with Gasteiger partial charge in [-0.05, 0) is 65.2 Å². The van der Waals surface area contributed by atoms with Crippen molar-refractivity contribution in [2.45, 2.75) is 13.2 Å². The van der Waals surface area contributed by atoms with Crippen molar-refractivity contribution in [3.8, 4) is 17.2 Å². The van der Waals surface area contributed by atoms with E-state index in [-0.39, 0.29) is 5.69 Å². The highest BCUT2D eigenvalue weighted by Crippen LogP contribution is 2.27. The van der Waals surface area contributed by atoms with Crippen molar-refractivity contribution >= 4 is 11.9 Å². The largest absolute Gasteiger partial charge is 0.493 e. The summed E-state index contributed by atoms with van der Waals surface area (Å²) in [6, 6.07) is 19.5. The van der Waals surface area contributed by atoms with Gasteiger partial charge >= 0.3 is 0 Å². The average Bonchev–Trinajstić information content (AvgIpc) is 2.81. The van der Waals surface area contributed by atoms with E-state index in [0.717, 1.165) is 16.7 Å². The van der Waals surface area contributed by atoms with Crippen LogP contribution in [0.2, 0.25) is 0 Å². The lowest BCUT2D eigenvalue weighted by Crippen LogP contribution is -2.06. The van der Waals surface area contributed by atoms with Crippen LogP contribution in [0.25, 0.3) is 0 Å². The smallest absolute Gasteiger partial charge is 0.269 e. The topological polar surface area (TPSA) is 95.2 Å². The number of non-ortho nitro benzene ring substituents is 1. The molecule has 0 amide bonds. The molecule has 3 aromatic carbocycles. The Morgan fingerprint density at radius 2 is 1.61 bits per heavy atom. The third-order valence-electron chi connectivity index (χ3n) is 4.47. The van der Waals surface area contributed by atoms with E-state index in [9.17, 15) is 10.1 Å². The molecule has 0 aliphatic carbocycles. The first-order valence-electron chi connectivity index (χ1n) is 9.52. The van der Waals surface area contributed by atoms with Gasteiger partial charge < -0.3 is 19.6 Å². The van der Waals surface area contributed by atoms with Gasteiger partial charge in [-0.15, -0.1) is 0 Å². The molecule has 0 saturated heterocycles. The van der Waals surface area contributed by atoms with E-state index in [1.807, 2.05) is 42.5 Å². The number of hydrogen-bond acceptors (Lipinski definition) is 7. The maximum absolute atomic E-state index is 10.7. The number of methoxy groups -OCH3 is 2. The Balaban J connectivity index is 1.47. The summed E-state index contributed by atoms with van der Waals surface area (Å²) in [5, 5.41) is 14.9. The van der Waals surface area contributed by atoms with Gasteiger partial charge in [0.25, 0.3) is 5.69 Å². The van der Waals surface area contributed by atoms with Crippen LogP contribution in [-0.2, 0) is 13.2 Å². The van der Waals surface area contributed by atoms with Gasteiger partial charge in [-0.1, -0.05) is 6.07 Å². The molecule has 0 spiro atoms. The molecule has 8 nitrogen and oxygen atoms in total. The second-order valence-corrected chi connectivity index (χ2v) is 6.56. The van der Waals surface area contributed by atoms with E-state index in [1.165, 1.54) is 12.1 Å². The third-order valence-corrected chi connectivity index (χ3v) is 4.47. The first-order chi connectivity index (χ1) is 15.1. The number of hydrogen-bond donors (Lipinski definition) is 1. The number of nitro groups is 1. The Labute approximate surface area is 180 Å². The molecular weight excluding hydrogens is 398 g/mol. The summed E-state index contributed by atoms with van der Waals surface area (Å²) >= 11 is 0. The highest BCUT2D eigenvalue weighted by molar-refractivity contribution is 5.79. The van der Waals surface area contributed by atoms with Gasteiger partial charge in [0.1, 0.15) is 12.4 Å². The van der Waals surface area contributed by atoms with Crippen LogP contribution in [0.3, 0.4) is 0 Å². The maximum atomic E-state index is 10.7. The molecule has 0 aliphatic rings. The van der Waals surface area contributed by atoms with Crippen LogP contribution in [0.5, 0.6) is 17.2 Å². The highest BCUT2D eigenvalue weighted by atomic mass is 16.6. The number of ether oxygens (including phenoxy) is 3.